The molecule has 0 bridgehead atoms. The molecular weight excluding hydrogens is 381 g/mol. The van der Waals surface area contributed by atoms with E-state index in [1.807, 2.05) is 30.3 Å². The van der Waals surface area contributed by atoms with Crippen molar-refractivity contribution < 1.29 is 4.79 Å². The average Bonchev–Trinajstić information content (AvgIpc) is 2.57. The lowest BCUT2D eigenvalue weighted by Gasteiger charge is -2.06. The van der Waals surface area contributed by atoms with Crippen LogP contribution < -0.4 is 5.32 Å². The van der Waals surface area contributed by atoms with Crippen molar-refractivity contribution in [3.63, 3.8) is 0 Å². The van der Waals surface area contributed by atoms with Crippen LogP contribution in [-0.2, 0) is 10.5 Å². The third kappa shape index (κ3) is 6.98. The Hall–Kier alpha value is -0.810. The summed E-state index contributed by atoms with van der Waals surface area (Å²) in [5.74, 6) is 2.22. The molecule has 0 fully saturated rings. The van der Waals surface area contributed by atoms with E-state index in [1.165, 1.54) is 5.56 Å². The standard InChI is InChI=1S/C18H19Cl2NOS2/c1-13-2-5-15(6-3-13)24-12-18(22)21-8-9-23-11-14-4-7-16(19)17(20)10-14/h2-7,10H,8-9,11-12H2,1H3,(H,21,22). The smallest absolute Gasteiger partial charge is 0.230 e. The van der Waals surface area contributed by atoms with E-state index in [1.54, 1.807) is 23.5 Å². The molecule has 0 saturated heterocycles. The lowest BCUT2D eigenvalue weighted by atomic mass is 10.2. The van der Waals surface area contributed by atoms with E-state index in [4.69, 9.17) is 23.2 Å². The minimum absolute atomic E-state index is 0.0655. The fourth-order valence-electron chi connectivity index (χ4n) is 1.92. The van der Waals surface area contributed by atoms with E-state index in [0.29, 0.717) is 22.3 Å². The molecule has 1 amide bonds. The number of benzene rings is 2. The lowest BCUT2D eigenvalue weighted by Crippen LogP contribution is -2.27. The topological polar surface area (TPSA) is 29.1 Å². The van der Waals surface area contributed by atoms with Gasteiger partial charge in [-0.3, -0.25) is 4.79 Å². The zero-order valence-corrected chi connectivity index (χ0v) is 16.5. The number of hydrogen-bond acceptors (Lipinski definition) is 3. The second kappa shape index (κ2) is 10.2. The Bertz CT molecular complexity index is 677. The Labute approximate surface area is 161 Å². The predicted molar refractivity (Wildman–Crippen MR) is 108 cm³/mol. The molecular formula is C18H19Cl2NOS2. The Morgan fingerprint density at radius 2 is 1.83 bits per heavy atom. The summed E-state index contributed by atoms with van der Waals surface area (Å²) in [6.07, 6.45) is 0. The van der Waals surface area contributed by atoms with E-state index in [2.05, 4.69) is 24.4 Å². The predicted octanol–water partition coefficient (Wildman–Crippen LogP) is 5.44. The Kier molecular flexibility index (Phi) is 8.33. The highest BCUT2D eigenvalue weighted by molar-refractivity contribution is 8.00. The SMILES string of the molecule is Cc1ccc(SCC(=O)NCCSCc2ccc(Cl)c(Cl)c2)cc1. The number of nitrogens with one attached hydrogen (secondary N) is 1. The van der Waals surface area contributed by atoms with E-state index < -0.39 is 0 Å². The van der Waals surface area contributed by atoms with Crippen LogP contribution in [0.5, 0.6) is 0 Å². The van der Waals surface area contributed by atoms with Crippen molar-refractivity contribution in [1.29, 1.82) is 0 Å². The quantitative estimate of drug-likeness (QED) is 0.472. The molecule has 128 valence electrons. The van der Waals surface area contributed by atoms with Crippen molar-refractivity contribution in [1.82, 2.24) is 5.32 Å². The molecule has 0 aromatic heterocycles. The minimum atomic E-state index is 0.0655. The first kappa shape index (κ1) is 19.5. The highest BCUT2D eigenvalue weighted by Crippen LogP contribution is 2.24. The van der Waals surface area contributed by atoms with Gasteiger partial charge in [0.2, 0.25) is 5.91 Å². The van der Waals surface area contributed by atoms with Crippen LogP contribution in [0, 0.1) is 6.92 Å². The summed E-state index contributed by atoms with van der Waals surface area (Å²) in [4.78, 5) is 12.9. The van der Waals surface area contributed by atoms with Crippen LogP contribution in [-0.4, -0.2) is 24.0 Å². The summed E-state index contributed by atoms with van der Waals surface area (Å²) in [6.45, 7) is 2.72. The molecule has 0 spiro atoms. The molecule has 0 radical (unpaired) electrons. The van der Waals surface area contributed by atoms with Gasteiger partial charge in [0.15, 0.2) is 0 Å². The van der Waals surface area contributed by atoms with Crippen LogP contribution in [0.25, 0.3) is 0 Å². The first-order valence-corrected chi connectivity index (χ1v) is 10.4. The van der Waals surface area contributed by atoms with Gasteiger partial charge >= 0.3 is 0 Å². The first-order valence-electron chi connectivity index (χ1n) is 7.52. The monoisotopic (exact) mass is 399 g/mol. The maximum atomic E-state index is 11.8. The van der Waals surface area contributed by atoms with E-state index in [-0.39, 0.29) is 5.91 Å². The first-order chi connectivity index (χ1) is 11.5. The van der Waals surface area contributed by atoms with Gasteiger partial charge in [-0.1, -0.05) is 47.0 Å². The van der Waals surface area contributed by atoms with E-state index in [9.17, 15) is 4.79 Å². The normalized spacial score (nSPS) is 10.6. The molecule has 2 aromatic rings. The molecule has 2 rings (SSSR count). The van der Waals surface area contributed by atoms with Gasteiger partial charge in [-0.25, -0.2) is 0 Å². The van der Waals surface area contributed by atoms with Crippen LogP contribution in [0.1, 0.15) is 11.1 Å². The maximum Gasteiger partial charge on any atom is 0.230 e. The van der Waals surface area contributed by atoms with Gasteiger partial charge in [0, 0.05) is 22.9 Å². The van der Waals surface area contributed by atoms with Crippen LogP contribution in [0.15, 0.2) is 47.4 Å². The Morgan fingerprint density at radius 1 is 1.08 bits per heavy atom. The van der Waals surface area contributed by atoms with Crippen molar-refractivity contribution in [3.05, 3.63) is 63.6 Å². The molecule has 0 heterocycles. The average molecular weight is 400 g/mol. The highest BCUT2D eigenvalue weighted by atomic mass is 35.5. The fourth-order valence-corrected chi connectivity index (χ4v) is 3.77. The molecule has 0 aliphatic heterocycles. The maximum absolute atomic E-state index is 11.8. The molecule has 1 N–H and O–H groups in total. The molecule has 0 saturated carbocycles. The molecule has 0 aliphatic carbocycles. The number of thioether (sulfide) groups is 2. The van der Waals surface area contributed by atoms with Crippen molar-refractivity contribution in [2.75, 3.05) is 18.1 Å². The van der Waals surface area contributed by atoms with Crippen LogP contribution in [0.4, 0.5) is 0 Å². The summed E-state index contributed by atoms with van der Waals surface area (Å²) in [6, 6.07) is 13.9. The zero-order valence-electron chi connectivity index (χ0n) is 13.4. The molecule has 0 aliphatic rings. The number of hydrogen-bond donors (Lipinski definition) is 1. The number of halogens is 2. The molecule has 0 atom stereocenters. The van der Waals surface area contributed by atoms with Crippen LogP contribution in [0.3, 0.4) is 0 Å². The van der Waals surface area contributed by atoms with Gasteiger partial charge in [-0.05, 0) is 36.8 Å². The van der Waals surface area contributed by atoms with Gasteiger partial charge in [-0.15, -0.1) is 11.8 Å². The lowest BCUT2D eigenvalue weighted by molar-refractivity contribution is -0.118. The highest BCUT2D eigenvalue weighted by Gasteiger charge is 2.03. The molecule has 2 nitrogen and oxygen atoms in total. The largest absolute Gasteiger partial charge is 0.355 e. The molecule has 24 heavy (non-hydrogen) atoms. The Balaban J connectivity index is 1.59. The van der Waals surface area contributed by atoms with Gasteiger partial charge in [0.25, 0.3) is 0 Å². The van der Waals surface area contributed by atoms with Gasteiger partial charge in [0.05, 0.1) is 15.8 Å². The third-order valence-corrected chi connectivity index (χ3v) is 5.99. The van der Waals surface area contributed by atoms with Crippen molar-refractivity contribution in [3.8, 4) is 0 Å². The number of aryl methyl sites for hydroxylation is 1. The second-order valence-corrected chi connectivity index (χ2v) is 8.22. The summed E-state index contributed by atoms with van der Waals surface area (Å²) in [7, 11) is 0. The molecule has 2 aromatic carbocycles. The fraction of sp³-hybridized carbons (Fsp3) is 0.278. The summed E-state index contributed by atoms with van der Waals surface area (Å²) < 4.78 is 0. The van der Waals surface area contributed by atoms with Crippen LogP contribution >= 0.6 is 46.7 Å². The van der Waals surface area contributed by atoms with Crippen molar-refractivity contribution >= 4 is 52.6 Å². The number of amides is 1. The van der Waals surface area contributed by atoms with E-state index in [0.717, 1.165) is 22.0 Å². The number of carbonyl (C=O) groups excluding carboxylic acids is 1. The third-order valence-electron chi connectivity index (χ3n) is 3.21. The van der Waals surface area contributed by atoms with Gasteiger partial charge in [0.1, 0.15) is 0 Å². The summed E-state index contributed by atoms with van der Waals surface area (Å²) in [5.41, 5.74) is 2.36. The van der Waals surface area contributed by atoms with Crippen LogP contribution in [0.2, 0.25) is 10.0 Å². The van der Waals surface area contributed by atoms with Crippen molar-refractivity contribution in [2.45, 2.75) is 17.6 Å². The summed E-state index contributed by atoms with van der Waals surface area (Å²) in [5, 5.41) is 4.10. The minimum Gasteiger partial charge on any atom is -0.355 e. The van der Waals surface area contributed by atoms with Gasteiger partial charge in [-0.2, -0.15) is 11.8 Å². The molecule has 6 heteroatoms. The summed E-state index contributed by atoms with van der Waals surface area (Å²) >= 11 is 15.2. The molecule has 0 unspecified atom stereocenters. The van der Waals surface area contributed by atoms with Crippen molar-refractivity contribution in [2.24, 2.45) is 0 Å². The zero-order chi connectivity index (χ0) is 17.4. The van der Waals surface area contributed by atoms with Gasteiger partial charge < -0.3 is 5.32 Å². The number of carbonyl (C=O) groups is 1. The second-order valence-electron chi connectivity index (χ2n) is 5.25. The van der Waals surface area contributed by atoms with E-state index >= 15 is 0 Å². The Morgan fingerprint density at radius 3 is 2.54 bits per heavy atom. The number of rotatable bonds is 8.